The summed E-state index contributed by atoms with van der Waals surface area (Å²) in [6.07, 6.45) is -8.67. The van der Waals surface area contributed by atoms with E-state index in [0.29, 0.717) is 0 Å². The molecule has 1 aliphatic rings. The molecule has 4 nitrogen and oxygen atoms in total. The third-order valence-electron chi connectivity index (χ3n) is 2.52. The highest BCUT2D eigenvalue weighted by molar-refractivity contribution is 5.68. The van der Waals surface area contributed by atoms with E-state index in [-0.39, 0.29) is 19.6 Å². The molecule has 1 fully saturated rings. The summed E-state index contributed by atoms with van der Waals surface area (Å²) in [5.74, 6) is 0. The first-order chi connectivity index (χ1) is 8.50. The molecular weight excluding hydrogens is 268 g/mol. The highest BCUT2D eigenvalue weighted by Gasteiger charge is 2.47. The van der Waals surface area contributed by atoms with Gasteiger partial charge < -0.3 is 15.0 Å². The second-order valence-corrected chi connectivity index (χ2v) is 5.43. The Kier molecular flexibility index (Phi) is 4.65. The number of carbonyl (C=O) groups excluding carboxylic acids is 1. The number of hydrogen-bond acceptors (Lipinski definition) is 3. The van der Waals surface area contributed by atoms with Crippen LogP contribution in [0.3, 0.4) is 0 Å². The van der Waals surface area contributed by atoms with Gasteiger partial charge in [-0.3, -0.25) is 0 Å². The van der Waals surface area contributed by atoms with Crippen LogP contribution < -0.4 is 5.32 Å². The van der Waals surface area contributed by atoms with E-state index in [0.717, 1.165) is 4.90 Å². The fourth-order valence-electron chi connectivity index (χ4n) is 1.69. The molecule has 0 bridgehead atoms. The summed E-state index contributed by atoms with van der Waals surface area (Å²) in [6.45, 7) is 4.88. The first kappa shape index (κ1) is 16.0. The van der Waals surface area contributed by atoms with Crippen LogP contribution in [0, 0.1) is 0 Å². The van der Waals surface area contributed by atoms with Crippen molar-refractivity contribution in [1.82, 2.24) is 10.2 Å². The maximum atomic E-state index is 13.2. The lowest BCUT2D eigenvalue weighted by molar-refractivity contribution is -0.190. The topological polar surface area (TPSA) is 41.6 Å². The molecule has 1 rings (SSSR count). The second kappa shape index (κ2) is 5.52. The minimum atomic E-state index is -4.94. The Morgan fingerprint density at radius 2 is 1.95 bits per heavy atom. The van der Waals surface area contributed by atoms with Gasteiger partial charge in [0.15, 0.2) is 0 Å². The van der Waals surface area contributed by atoms with Crippen molar-refractivity contribution in [1.29, 1.82) is 0 Å². The number of rotatable bonds is 1. The van der Waals surface area contributed by atoms with Gasteiger partial charge >= 0.3 is 12.3 Å². The summed E-state index contributed by atoms with van der Waals surface area (Å²) in [6, 6.07) is -1.46. The fraction of sp³-hybridized carbons (Fsp3) is 0.909. The summed E-state index contributed by atoms with van der Waals surface area (Å²) >= 11 is 0. The van der Waals surface area contributed by atoms with Gasteiger partial charge in [-0.1, -0.05) is 0 Å². The fourth-order valence-corrected chi connectivity index (χ4v) is 1.69. The molecule has 0 aliphatic carbocycles. The van der Waals surface area contributed by atoms with Crippen molar-refractivity contribution in [2.45, 2.75) is 44.8 Å². The summed E-state index contributed by atoms with van der Waals surface area (Å²) in [7, 11) is 0. The third kappa shape index (κ3) is 4.85. The van der Waals surface area contributed by atoms with Gasteiger partial charge in [-0.2, -0.15) is 13.2 Å². The molecule has 1 aliphatic heterocycles. The standard InChI is InChI=1S/C11H18F4N2O2/c1-10(2,3)19-9(18)17-5-4-16-7(6-17)8(12)11(13,14)15/h7-8,16H,4-6H2,1-3H3. The Hall–Kier alpha value is -1.05. The summed E-state index contributed by atoms with van der Waals surface area (Å²) in [5.41, 5.74) is -0.739. The van der Waals surface area contributed by atoms with E-state index >= 15 is 0 Å². The third-order valence-corrected chi connectivity index (χ3v) is 2.52. The Balaban J connectivity index is 2.62. The van der Waals surface area contributed by atoms with Crippen molar-refractivity contribution in [2.75, 3.05) is 19.6 Å². The van der Waals surface area contributed by atoms with Gasteiger partial charge in [-0.15, -0.1) is 0 Å². The molecular formula is C11H18F4N2O2. The van der Waals surface area contributed by atoms with Crippen LogP contribution in [0.4, 0.5) is 22.4 Å². The normalized spacial score (nSPS) is 23.1. The number of nitrogens with one attached hydrogen (secondary N) is 1. The number of amides is 1. The molecule has 1 amide bonds. The van der Waals surface area contributed by atoms with Crippen LogP contribution in [0.25, 0.3) is 0 Å². The Labute approximate surface area is 109 Å². The molecule has 1 heterocycles. The molecule has 1 saturated heterocycles. The predicted octanol–water partition coefficient (Wildman–Crippen LogP) is 2.10. The van der Waals surface area contributed by atoms with Crippen molar-refractivity contribution in [3.8, 4) is 0 Å². The molecule has 8 heteroatoms. The van der Waals surface area contributed by atoms with Crippen LogP contribution in [0.15, 0.2) is 0 Å². The lowest BCUT2D eigenvalue weighted by Gasteiger charge is -2.36. The van der Waals surface area contributed by atoms with Crippen molar-refractivity contribution in [3.63, 3.8) is 0 Å². The smallest absolute Gasteiger partial charge is 0.421 e. The molecule has 19 heavy (non-hydrogen) atoms. The van der Waals surface area contributed by atoms with E-state index in [4.69, 9.17) is 4.74 Å². The minimum absolute atomic E-state index is 0.0976. The first-order valence-electron chi connectivity index (χ1n) is 5.93. The number of ether oxygens (including phenoxy) is 1. The van der Waals surface area contributed by atoms with E-state index in [1.54, 1.807) is 20.8 Å². The molecule has 0 radical (unpaired) electrons. The number of alkyl halides is 4. The summed E-state index contributed by atoms with van der Waals surface area (Å²) in [4.78, 5) is 12.8. The van der Waals surface area contributed by atoms with Gasteiger partial charge in [-0.05, 0) is 20.8 Å². The molecule has 0 aromatic heterocycles. The Bertz CT molecular complexity index is 328. The number of carbonyl (C=O) groups is 1. The number of piperazine rings is 1. The lowest BCUT2D eigenvalue weighted by Crippen LogP contribution is -2.59. The molecule has 2 atom stereocenters. The van der Waals surface area contributed by atoms with Crippen molar-refractivity contribution in [3.05, 3.63) is 0 Å². The van der Waals surface area contributed by atoms with Crippen LogP contribution >= 0.6 is 0 Å². The van der Waals surface area contributed by atoms with Gasteiger partial charge in [0.2, 0.25) is 6.17 Å². The zero-order valence-electron chi connectivity index (χ0n) is 11.1. The van der Waals surface area contributed by atoms with Crippen molar-refractivity contribution >= 4 is 6.09 Å². The number of halogens is 4. The maximum Gasteiger partial charge on any atom is 0.421 e. The number of hydrogen-bond donors (Lipinski definition) is 1. The highest BCUT2D eigenvalue weighted by atomic mass is 19.4. The number of nitrogens with zero attached hydrogens (tertiary/aromatic N) is 1. The summed E-state index contributed by atoms with van der Waals surface area (Å²) in [5, 5.41) is 2.43. The van der Waals surface area contributed by atoms with Gasteiger partial charge in [0.25, 0.3) is 0 Å². The predicted molar refractivity (Wildman–Crippen MR) is 60.5 cm³/mol. The molecule has 0 spiro atoms. The Morgan fingerprint density at radius 1 is 1.37 bits per heavy atom. The first-order valence-corrected chi connectivity index (χ1v) is 5.93. The highest BCUT2D eigenvalue weighted by Crippen LogP contribution is 2.26. The van der Waals surface area contributed by atoms with Gasteiger partial charge in [0, 0.05) is 19.6 Å². The van der Waals surface area contributed by atoms with E-state index in [2.05, 4.69) is 5.32 Å². The average molecular weight is 286 g/mol. The van der Waals surface area contributed by atoms with Gasteiger partial charge in [0.1, 0.15) is 5.60 Å². The van der Waals surface area contributed by atoms with E-state index < -0.39 is 30.1 Å². The van der Waals surface area contributed by atoms with Crippen LogP contribution in [0.2, 0.25) is 0 Å². The molecule has 112 valence electrons. The lowest BCUT2D eigenvalue weighted by atomic mass is 10.1. The van der Waals surface area contributed by atoms with E-state index in [9.17, 15) is 22.4 Å². The average Bonchev–Trinajstić information content (AvgIpc) is 2.24. The van der Waals surface area contributed by atoms with E-state index in [1.807, 2.05) is 0 Å². The van der Waals surface area contributed by atoms with Crippen LogP contribution in [-0.2, 0) is 4.74 Å². The zero-order chi connectivity index (χ0) is 14.8. The molecule has 2 unspecified atom stereocenters. The molecule has 1 N–H and O–H groups in total. The quantitative estimate of drug-likeness (QED) is 0.751. The zero-order valence-corrected chi connectivity index (χ0v) is 11.1. The van der Waals surface area contributed by atoms with Crippen LogP contribution in [0.1, 0.15) is 20.8 Å². The van der Waals surface area contributed by atoms with Crippen LogP contribution in [-0.4, -0.2) is 54.6 Å². The monoisotopic (exact) mass is 286 g/mol. The SMILES string of the molecule is CC(C)(C)OC(=O)N1CCNC(C(F)C(F)(F)F)C1. The molecule has 0 aromatic carbocycles. The van der Waals surface area contributed by atoms with Crippen molar-refractivity contribution < 1.29 is 27.1 Å². The second-order valence-electron chi connectivity index (χ2n) is 5.43. The minimum Gasteiger partial charge on any atom is -0.444 e. The van der Waals surface area contributed by atoms with Crippen molar-refractivity contribution in [2.24, 2.45) is 0 Å². The molecule has 0 saturated carbocycles. The maximum absolute atomic E-state index is 13.2. The Morgan fingerprint density at radius 3 is 2.42 bits per heavy atom. The van der Waals surface area contributed by atoms with Gasteiger partial charge in [-0.25, -0.2) is 9.18 Å². The van der Waals surface area contributed by atoms with Gasteiger partial charge in [0.05, 0.1) is 6.04 Å². The largest absolute Gasteiger partial charge is 0.444 e. The molecule has 0 aromatic rings. The van der Waals surface area contributed by atoms with E-state index in [1.165, 1.54) is 0 Å². The summed E-state index contributed by atoms with van der Waals surface area (Å²) < 4.78 is 55.1. The van der Waals surface area contributed by atoms with Crippen LogP contribution in [0.5, 0.6) is 0 Å².